The second kappa shape index (κ2) is 9.58. The molecule has 0 radical (unpaired) electrons. The van der Waals surface area contributed by atoms with Crippen molar-refractivity contribution in [1.29, 1.82) is 0 Å². The van der Waals surface area contributed by atoms with Gasteiger partial charge in [-0.2, -0.15) is 0 Å². The Morgan fingerprint density at radius 1 is 1.14 bits per heavy atom. The average Bonchev–Trinajstić information content (AvgIpc) is 2.70. The van der Waals surface area contributed by atoms with Crippen molar-refractivity contribution in [3.63, 3.8) is 0 Å². The van der Waals surface area contributed by atoms with E-state index in [0.717, 1.165) is 4.31 Å². The molecule has 0 spiro atoms. The van der Waals surface area contributed by atoms with Crippen LogP contribution < -0.4 is 15.2 Å². The quantitative estimate of drug-likeness (QED) is 0.516. The normalized spacial score (nSPS) is 11.0. The predicted molar refractivity (Wildman–Crippen MR) is 113 cm³/mol. The summed E-state index contributed by atoms with van der Waals surface area (Å²) < 4.78 is 27.6. The maximum absolute atomic E-state index is 13.2. The lowest BCUT2D eigenvalue weighted by atomic mass is 10.2. The van der Waals surface area contributed by atoms with Crippen LogP contribution in [0.1, 0.15) is 24.2 Å². The highest BCUT2D eigenvalue weighted by atomic mass is 35.5. The first-order valence-electron chi connectivity index (χ1n) is 8.77. The molecule has 2 aromatic rings. The lowest BCUT2D eigenvalue weighted by Crippen LogP contribution is -2.43. The average molecular weight is 436 g/mol. The van der Waals surface area contributed by atoms with Crippen molar-refractivity contribution in [3.05, 3.63) is 71.8 Å². The van der Waals surface area contributed by atoms with E-state index in [1.54, 1.807) is 38.1 Å². The highest BCUT2D eigenvalue weighted by Crippen LogP contribution is 2.30. The predicted octanol–water partition coefficient (Wildman–Crippen LogP) is 3.14. The van der Waals surface area contributed by atoms with Gasteiger partial charge in [0.1, 0.15) is 0 Å². The molecule has 0 bridgehead atoms. The smallest absolute Gasteiger partial charge is 0.269 e. The molecule has 9 heteroatoms. The largest absolute Gasteiger partial charge is 0.273 e. The van der Waals surface area contributed by atoms with Crippen LogP contribution in [-0.4, -0.2) is 26.8 Å². The van der Waals surface area contributed by atoms with Crippen LogP contribution in [-0.2, 0) is 14.8 Å². The summed E-state index contributed by atoms with van der Waals surface area (Å²) in [6.45, 7) is 6.96. The van der Waals surface area contributed by atoms with E-state index in [1.165, 1.54) is 30.3 Å². The fraction of sp³-hybridized carbons (Fsp3) is 0.200. The Hall–Kier alpha value is -2.84. The third-order valence-corrected chi connectivity index (χ3v) is 6.02. The molecule has 0 aliphatic carbocycles. The summed E-state index contributed by atoms with van der Waals surface area (Å²) in [7, 11) is -4.03. The highest BCUT2D eigenvalue weighted by molar-refractivity contribution is 7.92. The fourth-order valence-electron chi connectivity index (χ4n) is 2.36. The van der Waals surface area contributed by atoms with Gasteiger partial charge in [-0.1, -0.05) is 49.7 Å². The molecule has 2 N–H and O–H groups in total. The second-order valence-electron chi connectivity index (χ2n) is 6.40. The van der Waals surface area contributed by atoms with Gasteiger partial charge in [0.2, 0.25) is 5.91 Å². The van der Waals surface area contributed by atoms with Gasteiger partial charge in [0, 0.05) is 11.5 Å². The molecule has 0 saturated heterocycles. The van der Waals surface area contributed by atoms with Gasteiger partial charge in [0.15, 0.2) is 0 Å². The number of hydrogen-bond acceptors (Lipinski definition) is 4. The van der Waals surface area contributed by atoms with Crippen LogP contribution >= 0.6 is 11.6 Å². The van der Waals surface area contributed by atoms with Crippen LogP contribution in [0, 0.1) is 5.92 Å². The molecule has 0 heterocycles. The number of anilines is 1. The number of rotatable bonds is 7. The van der Waals surface area contributed by atoms with E-state index in [2.05, 4.69) is 17.4 Å². The molecule has 29 heavy (non-hydrogen) atoms. The molecular formula is C20H22ClN3O4S. The zero-order chi connectivity index (χ0) is 21.6. The fourth-order valence-corrected chi connectivity index (χ4v) is 4.15. The molecule has 2 aromatic carbocycles. The molecule has 0 atom stereocenters. The van der Waals surface area contributed by atoms with E-state index in [1.807, 2.05) is 0 Å². The Labute approximate surface area is 175 Å². The van der Waals surface area contributed by atoms with Crippen LogP contribution in [0.15, 0.2) is 66.1 Å². The van der Waals surface area contributed by atoms with Crippen LogP contribution in [0.5, 0.6) is 0 Å². The number of carbonyl (C=O) groups is 2. The third-order valence-electron chi connectivity index (χ3n) is 3.92. The Bertz CT molecular complexity index is 1020. The molecule has 0 aliphatic rings. The summed E-state index contributed by atoms with van der Waals surface area (Å²) in [5.74, 6) is -1.31. The van der Waals surface area contributed by atoms with Gasteiger partial charge in [-0.25, -0.2) is 8.42 Å². The van der Waals surface area contributed by atoms with Crippen molar-refractivity contribution >= 4 is 39.1 Å². The van der Waals surface area contributed by atoms with E-state index in [-0.39, 0.29) is 33.9 Å². The minimum atomic E-state index is -4.03. The Morgan fingerprint density at radius 3 is 2.45 bits per heavy atom. The number of para-hydroxylation sites is 1. The van der Waals surface area contributed by atoms with E-state index >= 15 is 0 Å². The summed E-state index contributed by atoms with van der Waals surface area (Å²) in [4.78, 5) is 23.8. The number of sulfonamides is 1. The third kappa shape index (κ3) is 5.36. The van der Waals surface area contributed by atoms with Crippen molar-refractivity contribution in [2.24, 2.45) is 5.92 Å². The summed E-state index contributed by atoms with van der Waals surface area (Å²) in [6.07, 6.45) is 1.44. The molecule has 154 valence electrons. The number of hydrogen-bond donors (Lipinski definition) is 2. The van der Waals surface area contributed by atoms with Gasteiger partial charge in [-0.15, -0.1) is 6.58 Å². The van der Waals surface area contributed by atoms with Crippen LogP contribution in [0.2, 0.25) is 5.02 Å². The Kier molecular flexibility index (Phi) is 7.41. The van der Waals surface area contributed by atoms with E-state index in [0.29, 0.717) is 5.69 Å². The molecule has 0 aliphatic heterocycles. The molecule has 0 unspecified atom stereocenters. The number of benzene rings is 2. The zero-order valence-corrected chi connectivity index (χ0v) is 17.6. The SMILES string of the molecule is C=CCN(c1ccccc1Cl)S(=O)(=O)c1cccc(C(=O)NNC(=O)C(C)C)c1. The zero-order valence-electron chi connectivity index (χ0n) is 16.1. The van der Waals surface area contributed by atoms with Crippen molar-refractivity contribution in [2.75, 3.05) is 10.8 Å². The maximum atomic E-state index is 13.2. The number of amides is 2. The molecular weight excluding hydrogens is 414 g/mol. The lowest BCUT2D eigenvalue weighted by molar-refractivity contribution is -0.124. The second-order valence-corrected chi connectivity index (χ2v) is 8.67. The maximum Gasteiger partial charge on any atom is 0.269 e. The highest BCUT2D eigenvalue weighted by Gasteiger charge is 2.26. The molecule has 7 nitrogen and oxygen atoms in total. The molecule has 2 amide bonds. The first-order chi connectivity index (χ1) is 13.7. The lowest BCUT2D eigenvalue weighted by Gasteiger charge is -2.24. The van der Waals surface area contributed by atoms with E-state index in [4.69, 9.17) is 11.6 Å². The van der Waals surface area contributed by atoms with Crippen molar-refractivity contribution in [1.82, 2.24) is 10.9 Å². The first-order valence-corrected chi connectivity index (χ1v) is 10.6. The topological polar surface area (TPSA) is 95.6 Å². The van der Waals surface area contributed by atoms with Gasteiger partial charge < -0.3 is 0 Å². The van der Waals surface area contributed by atoms with Crippen LogP contribution in [0.4, 0.5) is 5.69 Å². The Morgan fingerprint density at radius 2 is 1.83 bits per heavy atom. The van der Waals surface area contributed by atoms with E-state index in [9.17, 15) is 18.0 Å². The molecule has 0 fully saturated rings. The van der Waals surface area contributed by atoms with Gasteiger partial charge in [0.25, 0.3) is 15.9 Å². The van der Waals surface area contributed by atoms with Crippen molar-refractivity contribution < 1.29 is 18.0 Å². The number of hydrazine groups is 1. The number of nitrogens with zero attached hydrogens (tertiary/aromatic N) is 1. The van der Waals surface area contributed by atoms with Crippen LogP contribution in [0.25, 0.3) is 0 Å². The number of carbonyl (C=O) groups excluding carboxylic acids is 2. The molecule has 0 aromatic heterocycles. The first kappa shape index (κ1) is 22.4. The Balaban J connectivity index is 2.36. The molecule has 0 saturated carbocycles. The number of nitrogens with one attached hydrogen (secondary N) is 2. The van der Waals surface area contributed by atoms with Gasteiger partial charge in [0.05, 0.1) is 22.2 Å². The monoisotopic (exact) mass is 435 g/mol. The summed E-state index contributed by atoms with van der Waals surface area (Å²) >= 11 is 6.18. The van der Waals surface area contributed by atoms with Crippen LogP contribution in [0.3, 0.4) is 0 Å². The van der Waals surface area contributed by atoms with Crippen molar-refractivity contribution in [3.8, 4) is 0 Å². The van der Waals surface area contributed by atoms with E-state index < -0.39 is 15.9 Å². The summed E-state index contributed by atoms with van der Waals surface area (Å²) in [5.41, 5.74) is 4.93. The van der Waals surface area contributed by atoms with Gasteiger partial charge >= 0.3 is 0 Å². The summed E-state index contributed by atoms with van der Waals surface area (Å²) in [5, 5.41) is 0.267. The minimum absolute atomic E-state index is 0.00701. The minimum Gasteiger partial charge on any atom is -0.273 e. The van der Waals surface area contributed by atoms with Gasteiger partial charge in [-0.05, 0) is 30.3 Å². The molecule has 2 rings (SSSR count). The number of halogens is 1. The van der Waals surface area contributed by atoms with Crippen molar-refractivity contribution in [2.45, 2.75) is 18.7 Å². The standard InChI is InChI=1S/C20H22ClN3O4S/c1-4-12-24(18-11-6-5-10-17(18)21)29(27,28)16-9-7-8-15(13-16)20(26)23-22-19(25)14(2)3/h4-11,13-14H,1,12H2,2-3H3,(H,22,25)(H,23,26). The summed E-state index contributed by atoms with van der Waals surface area (Å²) in [6, 6.07) is 12.1. The van der Waals surface area contributed by atoms with Gasteiger partial charge in [-0.3, -0.25) is 24.7 Å².